The van der Waals surface area contributed by atoms with E-state index in [0.29, 0.717) is 24.2 Å². The first-order valence-electron chi connectivity index (χ1n) is 6.87. The summed E-state index contributed by atoms with van der Waals surface area (Å²) in [6.45, 7) is 11.2. The first kappa shape index (κ1) is 14.0. The van der Waals surface area contributed by atoms with E-state index in [1.165, 1.54) is 0 Å². The van der Waals surface area contributed by atoms with E-state index in [9.17, 15) is 0 Å². The lowest BCUT2D eigenvalue weighted by Crippen LogP contribution is -2.62. The Morgan fingerprint density at radius 1 is 1.25 bits per heavy atom. The molecule has 0 saturated heterocycles. The summed E-state index contributed by atoms with van der Waals surface area (Å²) in [5.74, 6) is 0.710. The smallest absolute Gasteiger partial charge is 0.0664 e. The molecule has 1 rings (SSSR count). The van der Waals surface area contributed by atoms with E-state index >= 15 is 0 Å². The zero-order valence-electron chi connectivity index (χ0n) is 11.6. The van der Waals surface area contributed by atoms with Gasteiger partial charge >= 0.3 is 0 Å². The fourth-order valence-corrected chi connectivity index (χ4v) is 3.20. The number of hydrogen-bond donors (Lipinski definition) is 1. The van der Waals surface area contributed by atoms with E-state index in [0.717, 1.165) is 25.7 Å². The minimum atomic E-state index is 0.255. The molecule has 16 heavy (non-hydrogen) atoms. The van der Waals surface area contributed by atoms with Crippen molar-refractivity contribution in [2.75, 3.05) is 0 Å². The van der Waals surface area contributed by atoms with E-state index in [2.05, 4.69) is 34.6 Å². The number of rotatable bonds is 6. The Hall–Kier alpha value is -0.0800. The van der Waals surface area contributed by atoms with Crippen molar-refractivity contribution in [1.82, 2.24) is 0 Å². The molecule has 96 valence electrons. The molecule has 0 bridgehead atoms. The normalized spacial score (nSPS) is 30.2. The van der Waals surface area contributed by atoms with Crippen LogP contribution in [-0.2, 0) is 4.74 Å². The largest absolute Gasteiger partial charge is 0.375 e. The summed E-state index contributed by atoms with van der Waals surface area (Å²) in [4.78, 5) is 0. The fourth-order valence-electron chi connectivity index (χ4n) is 3.20. The SMILES string of the molecule is CCC1(CC)C(N)CC1OC(C)CC(C)C. The molecule has 2 heteroatoms. The number of ether oxygens (including phenoxy) is 1. The molecule has 0 heterocycles. The lowest BCUT2D eigenvalue weighted by molar-refractivity contribution is -0.157. The van der Waals surface area contributed by atoms with Crippen molar-refractivity contribution in [3.8, 4) is 0 Å². The van der Waals surface area contributed by atoms with Gasteiger partial charge in [0.1, 0.15) is 0 Å². The maximum Gasteiger partial charge on any atom is 0.0664 e. The minimum absolute atomic E-state index is 0.255. The molecule has 1 fully saturated rings. The van der Waals surface area contributed by atoms with E-state index in [1.54, 1.807) is 0 Å². The Morgan fingerprint density at radius 3 is 2.19 bits per heavy atom. The van der Waals surface area contributed by atoms with Crippen molar-refractivity contribution in [3.63, 3.8) is 0 Å². The van der Waals surface area contributed by atoms with Crippen LogP contribution in [0.5, 0.6) is 0 Å². The van der Waals surface area contributed by atoms with Crippen LogP contribution in [0.3, 0.4) is 0 Å². The van der Waals surface area contributed by atoms with E-state index < -0.39 is 0 Å². The Kier molecular flexibility index (Phi) is 4.81. The van der Waals surface area contributed by atoms with Crippen LogP contribution in [0.1, 0.15) is 60.3 Å². The molecule has 2 nitrogen and oxygen atoms in total. The molecule has 0 aromatic rings. The van der Waals surface area contributed by atoms with Crippen LogP contribution in [0, 0.1) is 11.3 Å². The zero-order chi connectivity index (χ0) is 12.3. The third-order valence-corrected chi connectivity index (χ3v) is 4.36. The highest BCUT2D eigenvalue weighted by atomic mass is 16.5. The summed E-state index contributed by atoms with van der Waals surface area (Å²) >= 11 is 0. The predicted octanol–water partition coefficient (Wildman–Crippen LogP) is 3.34. The third kappa shape index (κ3) is 2.60. The second kappa shape index (κ2) is 5.50. The highest BCUT2D eigenvalue weighted by molar-refractivity contribution is 5.05. The molecule has 3 atom stereocenters. The summed E-state index contributed by atoms with van der Waals surface area (Å²) in [6.07, 6.45) is 5.24. The second-order valence-corrected chi connectivity index (χ2v) is 5.85. The van der Waals surface area contributed by atoms with Crippen LogP contribution >= 0.6 is 0 Å². The maximum atomic E-state index is 6.19. The molecule has 0 aromatic heterocycles. The Balaban J connectivity index is 2.49. The molecule has 0 aromatic carbocycles. The highest BCUT2D eigenvalue weighted by Crippen LogP contribution is 2.48. The first-order valence-corrected chi connectivity index (χ1v) is 6.87. The van der Waals surface area contributed by atoms with Gasteiger partial charge in [0.2, 0.25) is 0 Å². The Bertz CT molecular complexity index is 211. The van der Waals surface area contributed by atoms with Crippen molar-refractivity contribution >= 4 is 0 Å². The quantitative estimate of drug-likeness (QED) is 0.755. The third-order valence-electron chi connectivity index (χ3n) is 4.36. The van der Waals surface area contributed by atoms with Crippen molar-refractivity contribution < 1.29 is 4.74 Å². The van der Waals surface area contributed by atoms with Gasteiger partial charge in [0.05, 0.1) is 12.2 Å². The molecular formula is C14H29NO. The molecule has 1 aliphatic carbocycles. The molecule has 2 N–H and O–H groups in total. The van der Waals surface area contributed by atoms with Gasteiger partial charge in [-0.3, -0.25) is 0 Å². The van der Waals surface area contributed by atoms with Crippen molar-refractivity contribution in [2.45, 2.75) is 78.6 Å². The molecule has 0 spiro atoms. The lowest BCUT2D eigenvalue weighted by Gasteiger charge is -2.54. The van der Waals surface area contributed by atoms with Gasteiger partial charge in [-0.1, -0.05) is 27.7 Å². The summed E-state index contributed by atoms with van der Waals surface area (Å²) in [6, 6.07) is 0.346. The van der Waals surface area contributed by atoms with Crippen LogP contribution in [0.2, 0.25) is 0 Å². The lowest BCUT2D eigenvalue weighted by atomic mass is 9.59. The van der Waals surface area contributed by atoms with Gasteiger partial charge < -0.3 is 10.5 Å². The monoisotopic (exact) mass is 227 g/mol. The predicted molar refractivity (Wildman–Crippen MR) is 69.4 cm³/mol. The number of hydrogen-bond acceptors (Lipinski definition) is 2. The molecule has 3 unspecified atom stereocenters. The van der Waals surface area contributed by atoms with Gasteiger partial charge in [0, 0.05) is 11.5 Å². The average Bonchev–Trinajstić information content (AvgIpc) is 2.18. The molecule has 0 radical (unpaired) electrons. The topological polar surface area (TPSA) is 35.2 Å². The summed E-state index contributed by atoms with van der Waals surface area (Å²) in [5, 5.41) is 0. The molecule has 1 aliphatic rings. The van der Waals surface area contributed by atoms with E-state index in [4.69, 9.17) is 10.5 Å². The van der Waals surface area contributed by atoms with Crippen molar-refractivity contribution in [2.24, 2.45) is 17.1 Å². The van der Waals surface area contributed by atoms with Crippen LogP contribution < -0.4 is 5.73 Å². The van der Waals surface area contributed by atoms with Gasteiger partial charge in [-0.2, -0.15) is 0 Å². The van der Waals surface area contributed by atoms with Crippen LogP contribution in [0.15, 0.2) is 0 Å². The molecule has 0 aliphatic heterocycles. The van der Waals surface area contributed by atoms with E-state index in [1.807, 2.05) is 0 Å². The average molecular weight is 227 g/mol. The molecular weight excluding hydrogens is 198 g/mol. The van der Waals surface area contributed by atoms with Crippen molar-refractivity contribution in [3.05, 3.63) is 0 Å². The number of nitrogens with two attached hydrogens (primary N) is 1. The molecule has 0 amide bonds. The second-order valence-electron chi connectivity index (χ2n) is 5.85. The standard InChI is InChI=1S/C14H29NO/c1-6-14(7-2)12(15)9-13(14)16-11(5)8-10(3)4/h10-13H,6-9,15H2,1-5H3. The Morgan fingerprint density at radius 2 is 1.81 bits per heavy atom. The highest BCUT2D eigenvalue weighted by Gasteiger charge is 2.51. The van der Waals surface area contributed by atoms with Gasteiger partial charge in [-0.15, -0.1) is 0 Å². The first-order chi connectivity index (χ1) is 7.46. The summed E-state index contributed by atoms with van der Waals surface area (Å²) in [5.41, 5.74) is 6.42. The zero-order valence-corrected chi connectivity index (χ0v) is 11.6. The Labute approximate surface area is 101 Å². The molecule has 1 saturated carbocycles. The van der Waals surface area contributed by atoms with Gasteiger partial charge in [-0.05, 0) is 38.5 Å². The summed E-state index contributed by atoms with van der Waals surface area (Å²) < 4.78 is 6.19. The van der Waals surface area contributed by atoms with E-state index in [-0.39, 0.29) is 5.41 Å². The van der Waals surface area contributed by atoms with Crippen LogP contribution in [0.25, 0.3) is 0 Å². The van der Waals surface area contributed by atoms with Gasteiger partial charge in [0.15, 0.2) is 0 Å². The van der Waals surface area contributed by atoms with Gasteiger partial charge in [0.25, 0.3) is 0 Å². The summed E-state index contributed by atoms with van der Waals surface area (Å²) in [7, 11) is 0. The van der Waals surface area contributed by atoms with Crippen LogP contribution in [0.4, 0.5) is 0 Å². The minimum Gasteiger partial charge on any atom is -0.375 e. The maximum absolute atomic E-state index is 6.19. The van der Waals surface area contributed by atoms with Crippen LogP contribution in [-0.4, -0.2) is 18.2 Å². The van der Waals surface area contributed by atoms with Gasteiger partial charge in [-0.25, -0.2) is 0 Å². The van der Waals surface area contributed by atoms with Crippen molar-refractivity contribution in [1.29, 1.82) is 0 Å². The fraction of sp³-hybridized carbons (Fsp3) is 1.00.